The summed E-state index contributed by atoms with van der Waals surface area (Å²) in [6.45, 7) is -3.03. The lowest BCUT2D eigenvalue weighted by Crippen LogP contribution is -2.05. The molecule has 5 nitrogen and oxygen atoms in total. The fraction of sp³-hybridized carbons (Fsp3) is 0.0909. The number of aromatic amines is 1. The molecule has 2 rings (SSSR count). The fourth-order valence-electron chi connectivity index (χ4n) is 1.49. The predicted octanol–water partition coefficient (Wildman–Crippen LogP) is 2.38. The first-order valence-corrected chi connectivity index (χ1v) is 4.89. The molecule has 2 aromatic rings. The monoisotopic (exact) mass is 254 g/mol. The molecule has 0 radical (unpaired) electrons. The number of nitrogens with zero attached hydrogens (tertiary/aromatic N) is 1. The predicted molar refractivity (Wildman–Crippen MR) is 57.6 cm³/mol. The summed E-state index contributed by atoms with van der Waals surface area (Å²) >= 11 is 0. The molecule has 0 atom stereocenters. The first-order valence-electron chi connectivity index (χ1n) is 4.89. The molecule has 0 amide bonds. The number of H-pyrrole nitrogens is 1. The van der Waals surface area contributed by atoms with Crippen molar-refractivity contribution in [3.05, 3.63) is 36.2 Å². The van der Waals surface area contributed by atoms with Crippen LogP contribution in [0.4, 0.5) is 8.78 Å². The summed E-state index contributed by atoms with van der Waals surface area (Å²) in [7, 11) is 0. The molecule has 0 aliphatic heterocycles. The largest absolute Gasteiger partial charge is 0.478 e. The smallest absolute Gasteiger partial charge is 0.387 e. The van der Waals surface area contributed by atoms with Crippen molar-refractivity contribution >= 4 is 5.97 Å². The van der Waals surface area contributed by atoms with Gasteiger partial charge >= 0.3 is 12.6 Å². The molecule has 2 N–H and O–H groups in total. The molecule has 94 valence electrons. The van der Waals surface area contributed by atoms with Crippen molar-refractivity contribution in [2.24, 2.45) is 0 Å². The maximum absolute atomic E-state index is 12.3. The van der Waals surface area contributed by atoms with E-state index in [-0.39, 0.29) is 11.3 Å². The molecule has 7 heteroatoms. The van der Waals surface area contributed by atoms with E-state index in [1.807, 2.05) is 0 Å². The fourth-order valence-corrected chi connectivity index (χ4v) is 1.49. The van der Waals surface area contributed by atoms with Crippen molar-refractivity contribution in [3.63, 3.8) is 0 Å². The van der Waals surface area contributed by atoms with Gasteiger partial charge in [0.25, 0.3) is 0 Å². The van der Waals surface area contributed by atoms with Gasteiger partial charge in [-0.25, -0.2) is 4.79 Å². The van der Waals surface area contributed by atoms with Gasteiger partial charge in [-0.15, -0.1) is 0 Å². The molecule has 0 saturated heterocycles. The van der Waals surface area contributed by atoms with Crippen molar-refractivity contribution in [1.82, 2.24) is 10.2 Å². The zero-order chi connectivity index (χ0) is 13.1. The first-order chi connectivity index (χ1) is 8.58. The van der Waals surface area contributed by atoms with Gasteiger partial charge in [0.2, 0.25) is 0 Å². The van der Waals surface area contributed by atoms with Gasteiger partial charge in [0.1, 0.15) is 5.75 Å². The molecule has 0 fully saturated rings. The van der Waals surface area contributed by atoms with Gasteiger partial charge in [0.15, 0.2) is 0 Å². The third-order valence-electron chi connectivity index (χ3n) is 2.25. The van der Waals surface area contributed by atoms with Crippen LogP contribution in [0.1, 0.15) is 10.4 Å². The minimum Gasteiger partial charge on any atom is -0.478 e. The molecular weight excluding hydrogens is 246 g/mol. The van der Waals surface area contributed by atoms with Crippen molar-refractivity contribution < 1.29 is 23.4 Å². The first kappa shape index (κ1) is 12.0. The summed E-state index contributed by atoms with van der Waals surface area (Å²) in [5, 5.41) is 15.0. The van der Waals surface area contributed by atoms with E-state index in [0.717, 1.165) is 6.07 Å². The van der Waals surface area contributed by atoms with Crippen LogP contribution < -0.4 is 4.74 Å². The number of ether oxygens (including phenoxy) is 1. The van der Waals surface area contributed by atoms with E-state index >= 15 is 0 Å². The van der Waals surface area contributed by atoms with Gasteiger partial charge in [-0.1, -0.05) is 0 Å². The summed E-state index contributed by atoms with van der Waals surface area (Å²) < 4.78 is 28.9. The highest BCUT2D eigenvalue weighted by atomic mass is 19.3. The number of carboxylic acid groups (broad SMARTS) is 1. The van der Waals surface area contributed by atoms with Crippen LogP contribution in [0.5, 0.6) is 5.75 Å². The molecule has 0 unspecified atom stereocenters. The lowest BCUT2D eigenvalue weighted by Gasteiger charge is -2.10. The third-order valence-corrected chi connectivity index (χ3v) is 2.25. The Bertz CT molecular complexity index is 555. The van der Waals surface area contributed by atoms with Crippen LogP contribution in [0.2, 0.25) is 0 Å². The van der Waals surface area contributed by atoms with Crippen LogP contribution in [-0.4, -0.2) is 27.9 Å². The zero-order valence-corrected chi connectivity index (χ0v) is 8.93. The SMILES string of the molecule is O=C(O)c1ccc(-c2cn[nH]c2)c(OC(F)F)c1. The molecule has 1 heterocycles. The van der Waals surface area contributed by atoms with Crippen LogP contribution in [-0.2, 0) is 0 Å². The summed E-state index contributed by atoms with van der Waals surface area (Å²) in [6, 6.07) is 3.76. The van der Waals surface area contributed by atoms with Crippen molar-refractivity contribution in [2.75, 3.05) is 0 Å². The van der Waals surface area contributed by atoms with Gasteiger partial charge in [0, 0.05) is 17.3 Å². The molecular formula is C11H8F2N2O3. The summed E-state index contributed by atoms with van der Waals surface area (Å²) in [5.41, 5.74) is 0.745. The molecule has 0 bridgehead atoms. The van der Waals surface area contributed by atoms with Gasteiger partial charge in [0.05, 0.1) is 11.8 Å². The number of halogens is 2. The number of rotatable bonds is 4. The average Bonchev–Trinajstić information content (AvgIpc) is 2.81. The Morgan fingerprint density at radius 2 is 2.22 bits per heavy atom. The zero-order valence-electron chi connectivity index (χ0n) is 8.93. The van der Waals surface area contributed by atoms with E-state index in [1.165, 1.54) is 24.5 Å². The van der Waals surface area contributed by atoms with E-state index in [1.54, 1.807) is 0 Å². The van der Waals surface area contributed by atoms with Gasteiger partial charge in [-0.3, -0.25) is 5.10 Å². The average molecular weight is 254 g/mol. The number of carbonyl (C=O) groups is 1. The lowest BCUT2D eigenvalue weighted by atomic mass is 10.1. The van der Waals surface area contributed by atoms with Crippen molar-refractivity contribution in [1.29, 1.82) is 0 Å². The Morgan fingerprint density at radius 1 is 1.44 bits per heavy atom. The van der Waals surface area contributed by atoms with Crippen molar-refractivity contribution in [3.8, 4) is 16.9 Å². The highest BCUT2D eigenvalue weighted by molar-refractivity contribution is 5.89. The molecule has 0 spiro atoms. The highest BCUT2D eigenvalue weighted by Crippen LogP contribution is 2.31. The molecule has 0 aliphatic carbocycles. The number of hydrogen-bond acceptors (Lipinski definition) is 3. The Morgan fingerprint density at radius 3 is 2.78 bits per heavy atom. The van der Waals surface area contributed by atoms with E-state index in [4.69, 9.17) is 5.11 Å². The van der Waals surface area contributed by atoms with Crippen LogP contribution >= 0.6 is 0 Å². The Kier molecular flexibility index (Phi) is 3.22. The molecule has 0 saturated carbocycles. The standard InChI is InChI=1S/C11H8F2N2O3/c12-11(13)18-9-3-6(10(16)17)1-2-8(9)7-4-14-15-5-7/h1-5,11H,(H,14,15)(H,16,17). The van der Waals surface area contributed by atoms with Gasteiger partial charge in [-0.05, 0) is 18.2 Å². The molecule has 1 aromatic carbocycles. The number of aromatic carboxylic acids is 1. The van der Waals surface area contributed by atoms with Crippen molar-refractivity contribution in [2.45, 2.75) is 6.61 Å². The summed E-state index contributed by atoms with van der Waals surface area (Å²) in [5.74, 6) is -1.42. The van der Waals surface area contributed by atoms with E-state index < -0.39 is 12.6 Å². The second-order valence-corrected chi connectivity index (χ2v) is 3.38. The second-order valence-electron chi connectivity index (χ2n) is 3.38. The second kappa shape index (κ2) is 4.82. The minimum absolute atomic E-state index is 0.127. The summed E-state index contributed by atoms with van der Waals surface area (Å²) in [4.78, 5) is 10.8. The number of hydrogen-bond donors (Lipinski definition) is 2. The maximum Gasteiger partial charge on any atom is 0.387 e. The number of carboxylic acids is 1. The number of alkyl halides is 2. The topological polar surface area (TPSA) is 75.2 Å². The lowest BCUT2D eigenvalue weighted by molar-refractivity contribution is -0.0495. The maximum atomic E-state index is 12.3. The number of nitrogens with one attached hydrogen (secondary N) is 1. The number of benzene rings is 1. The highest BCUT2D eigenvalue weighted by Gasteiger charge is 2.15. The summed E-state index contributed by atoms with van der Waals surface area (Å²) in [6.07, 6.45) is 2.92. The Hall–Kier alpha value is -2.44. The quantitative estimate of drug-likeness (QED) is 0.878. The van der Waals surface area contributed by atoms with E-state index in [0.29, 0.717) is 11.1 Å². The van der Waals surface area contributed by atoms with Gasteiger partial charge < -0.3 is 9.84 Å². The van der Waals surface area contributed by atoms with E-state index in [9.17, 15) is 13.6 Å². The normalized spacial score (nSPS) is 10.6. The molecule has 18 heavy (non-hydrogen) atoms. The van der Waals surface area contributed by atoms with Gasteiger partial charge in [-0.2, -0.15) is 13.9 Å². The Labute approximate surface area is 100 Å². The van der Waals surface area contributed by atoms with Crippen LogP contribution in [0.15, 0.2) is 30.6 Å². The third kappa shape index (κ3) is 2.45. The number of aromatic nitrogens is 2. The molecule has 0 aliphatic rings. The molecule has 1 aromatic heterocycles. The van der Waals surface area contributed by atoms with Crippen LogP contribution in [0.25, 0.3) is 11.1 Å². The Balaban J connectivity index is 2.48. The van der Waals surface area contributed by atoms with Crippen LogP contribution in [0.3, 0.4) is 0 Å². The van der Waals surface area contributed by atoms with E-state index in [2.05, 4.69) is 14.9 Å². The minimum atomic E-state index is -3.03. The van der Waals surface area contributed by atoms with Crippen LogP contribution in [0, 0.1) is 0 Å².